The lowest BCUT2D eigenvalue weighted by molar-refractivity contribution is -0.260. The van der Waals surface area contributed by atoms with Crippen LogP contribution >= 0.6 is 7.82 Å². The fourth-order valence-corrected chi connectivity index (χ4v) is 1.60. The number of phosphoric ester groups is 1. The first-order chi connectivity index (χ1) is 7.47. The minimum absolute atomic E-state index is 0.290. The predicted octanol–water partition coefficient (Wildman–Crippen LogP) is 3.47. The summed E-state index contributed by atoms with van der Waals surface area (Å²) in [6.07, 6.45) is -11.8. The maximum atomic E-state index is 12.6. The van der Waals surface area contributed by atoms with E-state index in [0.29, 0.717) is 12.8 Å². The van der Waals surface area contributed by atoms with Crippen molar-refractivity contribution in [2.75, 3.05) is 6.61 Å². The Hall–Kier alpha value is -0.240. The first kappa shape index (κ1) is 16.8. The summed E-state index contributed by atoms with van der Waals surface area (Å²) in [5.74, 6) is 0. The normalized spacial score (nSPS) is 16.9. The van der Waals surface area contributed by atoms with Gasteiger partial charge < -0.3 is 4.89 Å². The maximum absolute atomic E-state index is 12.6. The summed E-state index contributed by atoms with van der Waals surface area (Å²) < 4.78 is 78.2. The van der Waals surface area contributed by atoms with E-state index in [1.165, 1.54) is 0 Å². The summed E-state index contributed by atoms with van der Waals surface area (Å²) in [5, 5.41) is 0. The molecule has 0 fully saturated rings. The Balaban J connectivity index is 4.33. The van der Waals surface area contributed by atoms with Gasteiger partial charge in [-0.1, -0.05) is 13.3 Å². The summed E-state index contributed by atoms with van der Waals surface area (Å²) in [6, 6.07) is 0. The number of unbranched alkanes of at least 4 members (excludes halogenated alkanes) is 1. The third-order valence-electron chi connectivity index (χ3n) is 1.41. The van der Waals surface area contributed by atoms with Crippen molar-refractivity contribution in [3.8, 4) is 0 Å². The Morgan fingerprint density at radius 3 is 2.18 bits per heavy atom. The largest absolute Gasteiger partial charge is 0.476 e. The van der Waals surface area contributed by atoms with E-state index in [4.69, 9.17) is 4.89 Å². The van der Waals surface area contributed by atoms with Gasteiger partial charge in [-0.15, -0.1) is 0 Å². The summed E-state index contributed by atoms with van der Waals surface area (Å²) in [7, 11) is -5.18. The smallest absolute Gasteiger partial charge is 0.302 e. The highest BCUT2D eigenvalue weighted by atomic mass is 31.2. The van der Waals surface area contributed by atoms with Gasteiger partial charge in [-0.2, -0.15) is 22.0 Å². The third kappa shape index (κ3) is 9.46. The van der Waals surface area contributed by atoms with Crippen molar-refractivity contribution in [2.24, 2.45) is 0 Å². The van der Waals surface area contributed by atoms with Crippen LogP contribution in [0.15, 0.2) is 0 Å². The summed E-state index contributed by atoms with van der Waals surface area (Å²) >= 11 is 0. The van der Waals surface area contributed by atoms with Crippen LogP contribution in [-0.2, 0) is 13.6 Å². The number of alkyl halides is 5. The minimum atomic E-state index is -5.22. The van der Waals surface area contributed by atoms with Gasteiger partial charge in [-0.25, -0.2) is 9.09 Å². The standard InChI is InChI=1S/C7H12F5O4P/c1-2-3-4-15-17(13,14)16-7(11,12)5-6(8,9)10/h2-5H2,1H3,(H,13,14). The fourth-order valence-electron chi connectivity index (χ4n) is 0.785. The van der Waals surface area contributed by atoms with Gasteiger partial charge in [-0.3, -0.25) is 4.52 Å². The molecule has 10 heteroatoms. The second kappa shape index (κ2) is 6.08. The highest BCUT2D eigenvalue weighted by Crippen LogP contribution is 2.50. The second-order valence-corrected chi connectivity index (χ2v) is 4.55. The number of rotatable bonds is 7. The summed E-state index contributed by atoms with van der Waals surface area (Å²) in [5.41, 5.74) is 0. The Labute approximate surface area is 94.3 Å². The Kier molecular flexibility index (Phi) is 6.00. The van der Waals surface area contributed by atoms with Crippen LogP contribution in [0.4, 0.5) is 22.0 Å². The van der Waals surface area contributed by atoms with Crippen molar-refractivity contribution in [2.45, 2.75) is 38.5 Å². The quantitative estimate of drug-likeness (QED) is 0.442. The van der Waals surface area contributed by atoms with Crippen molar-refractivity contribution < 1.29 is 40.5 Å². The molecule has 104 valence electrons. The monoisotopic (exact) mass is 286 g/mol. The molecule has 0 saturated carbocycles. The minimum Gasteiger partial charge on any atom is -0.302 e. The van der Waals surface area contributed by atoms with Gasteiger partial charge in [-0.05, 0) is 6.42 Å². The Morgan fingerprint density at radius 1 is 1.24 bits per heavy atom. The topological polar surface area (TPSA) is 55.8 Å². The fraction of sp³-hybridized carbons (Fsp3) is 1.00. The zero-order valence-electron chi connectivity index (χ0n) is 8.84. The molecular weight excluding hydrogens is 274 g/mol. The van der Waals surface area contributed by atoms with Crippen LogP contribution < -0.4 is 0 Å². The molecule has 0 aliphatic carbocycles. The lowest BCUT2D eigenvalue weighted by Crippen LogP contribution is -2.28. The van der Waals surface area contributed by atoms with E-state index in [2.05, 4.69) is 9.05 Å². The van der Waals surface area contributed by atoms with Gasteiger partial charge in [0.05, 0.1) is 6.61 Å². The molecule has 0 saturated heterocycles. The van der Waals surface area contributed by atoms with Crippen LogP contribution in [0.3, 0.4) is 0 Å². The van der Waals surface area contributed by atoms with Gasteiger partial charge in [0.15, 0.2) is 0 Å². The zero-order chi connectivity index (χ0) is 13.7. The molecule has 0 aliphatic heterocycles. The van der Waals surface area contributed by atoms with Crippen molar-refractivity contribution in [1.82, 2.24) is 0 Å². The molecule has 0 amide bonds. The molecule has 0 rings (SSSR count). The van der Waals surface area contributed by atoms with Gasteiger partial charge in [0, 0.05) is 0 Å². The summed E-state index contributed by atoms with van der Waals surface area (Å²) in [4.78, 5) is 8.74. The molecule has 1 unspecified atom stereocenters. The number of hydrogen-bond acceptors (Lipinski definition) is 3. The molecule has 17 heavy (non-hydrogen) atoms. The molecule has 1 atom stereocenters. The SMILES string of the molecule is CCCCOP(=O)(O)OC(F)(F)CC(F)(F)F. The van der Waals surface area contributed by atoms with Crippen molar-refractivity contribution in [3.05, 3.63) is 0 Å². The van der Waals surface area contributed by atoms with Crippen LogP contribution in [0.5, 0.6) is 0 Å². The molecule has 0 bridgehead atoms. The van der Waals surface area contributed by atoms with Crippen LogP contribution in [0, 0.1) is 0 Å². The van der Waals surface area contributed by atoms with Crippen LogP contribution in [0.25, 0.3) is 0 Å². The molecule has 0 aromatic carbocycles. The van der Waals surface area contributed by atoms with Crippen LogP contribution in [-0.4, -0.2) is 23.8 Å². The van der Waals surface area contributed by atoms with Crippen LogP contribution in [0.1, 0.15) is 26.2 Å². The predicted molar refractivity (Wildman–Crippen MR) is 47.4 cm³/mol. The maximum Gasteiger partial charge on any atom is 0.476 e. The first-order valence-electron chi connectivity index (χ1n) is 4.60. The molecule has 0 aromatic rings. The number of phosphoric acid groups is 1. The van der Waals surface area contributed by atoms with Crippen molar-refractivity contribution in [3.63, 3.8) is 0 Å². The first-order valence-corrected chi connectivity index (χ1v) is 6.10. The third-order valence-corrected chi connectivity index (χ3v) is 2.41. The highest BCUT2D eigenvalue weighted by Gasteiger charge is 2.49. The number of hydrogen-bond donors (Lipinski definition) is 1. The average molecular weight is 286 g/mol. The molecule has 4 nitrogen and oxygen atoms in total. The Morgan fingerprint density at radius 2 is 1.76 bits per heavy atom. The van der Waals surface area contributed by atoms with E-state index in [0.717, 1.165) is 0 Å². The van der Waals surface area contributed by atoms with Gasteiger partial charge in [0.1, 0.15) is 6.42 Å². The van der Waals surface area contributed by atoms with E-state index in [9.17, 15) is 26.5 Å². The lowest BCUT2D eigenvalue weighted by atomic mass is 10.4. The van der Waals surface area contributed by atoms with E-state index >= 15 is 0 Å². The molecule has 1 N–H and O–H groups in total. The van der Waals surface area contributed by atoms with E-state index in [1.807, 2.05) is 0 Å². The van der Waals surface area contributed by atoms with Crippen molar-refractivity contribution in [1.29, 1.82) is 0 Å². The zero-order valence-corrected chi connectivity index (χ0v) is 9.73. The number of halogens is 5. The average Bonchev–Trinajstić information content (AvgIpc) is 1.96. The Bertz CT molecular complexity index is 280. The van der Waals surface area contributed by atoms with E-state index in [-0.39, 0.29) is 6.61 Å². The molecule has 0 aliphatic rings. The molecule has 0 radical (unpaired) electrons. The molecule has 0 aromatic heterocycles. The van der Waals surface area contributed by atoms with Crippen LogP contribution in [0.2, 0.25) is 0 Å². The van der Waals surface area contributed by atoms with Gasteiger partial charge in [0.2, 0.25) is 0 Å². The summed E-state index contributed by atoms with van der Waals surface area (Å²) in [6.45, 7) is 1.34. The van der Waals surface area contributed by atoms with Gasteiger partial charge in [0.25, 0.3) is 0 Å². The van der Waals surface area contributed by atoms with E-state index < -0.39 is 26.5 Å². The highest BCUT2D eigenvalue weighted by molar-refractivity contribution is 7.47. The van der Waals surface area contributed by atoms with Crippen molar-refractivity contribution >= 4 is 7.82 Å². The second-order valence-electron chi connectivity index (χ2n) is 3.18. The molecule has 0 spiro atoms. The molecular formula is C7H12F5O4P. The lowest BCUT2D eigenvalue weighted by Gasteiger charge is -2.20. The van der Waals surface area contributed by atoms with E-state index in [1.54, 1.807) is 6.92 Å². The molecule has 0 heterocycles. The van der Waals surface area contributed by atoms with Gasteiger partial charge >= 0.3 is 20.1 Å².